The van der Waals surface area contributed by atoms with E-state index in [4.69, 9.17) is 19.9 Å². The molecule has 0 aliphatic heterocycles. The lowest BCUT2D eigenvalue weighted by molar-refractivity contribution is -0.274. The Labute approximate surface area is 239 Å². The standard InChI is InChI=1S/C26H35F3IN3O6/c1-17-13-20(14-18(2)22(17)30)23(31)32-24(34)25(35)33(7-8-37-11-12-38-10-9-36-3)16-19-5-4-6-21(15-19)39-26(27,28)29/h4-6,13-15,23-24,32,34H,7-12,16,31H2,1-3H3. The number of nitrogens with two attached hydrogens (primary N) is 1. The second-order valence-corrected chi connectivity index (χ2v) is 9.77. The minimum absolute atomic E-state index is 0.0526. The lowest BCUT2D eigenvalue weighted by Gasteiger charge is -2.27. The highest BCUT2D eigenvalue weighted by Gasteiger charge is 2.31. The van der Waals surface area contributed by atoms with Gasteiger partial charge in [-0.05, 0) is 70.8 Å². The number of aliphatic hydroxyl groups is 1. The monoisotopic (exact) mass is 669 g/mol. The van der Waals surface area contributed by atoms with E-state index in [0.29, 0.717) is 30.9 Å². The van der Waals surface area contributed by atoms with Crippen molar-refractivity contribution in [1.29, 1.82) is 0 Å². The van der Waals surface area contributed by atoms with Crippen molar-refractivity contribution in [2.45, 2.75) is 39.1 Å². The van der Waals surface area contributed by atoms with Gasteiger partial charge in [0.2, 0.25) is 0 Å². The molecule has 0 radical (unpaired) electrons. The number of nitrogens with one attached hydrogen (secondary N) is 1. The SMILES string of the molecule is COCCOCCOCCN(Cc1cccc(OC(F)(F)F)c1)C(=O)C(O)NC(N)c1cc(C)c(I)c(C)c1. The van der Waals surface area contributed by atoms with Crippen molar-refractivity contribution in [2.24, 2.45) is 5.73 Å². The van der Waals surface area contributed by atoms with E-state index in [1.54, 1.807) is 13.2 Å². The number of halogens is 4. The number of aliphatic hydroxyl groups excluding tert-OH is 1. The molecule has 2 unspecified atom stereocenters. The van der Waals surface area contributed by atoms with E-state index in [9.17, 15) is 23.1 Å². The topological polar surface area (TPSA) is 116 Å². The maximum absolute atomic E-state index is 13.2. The molecular weight excluding hydrogens is 634 g/mol. The molecule has 2 aromatic carbocycles. The van der Waals surface area contributed by atoms with Gasteiger partial charge in [0.25, 0.3) is 5.91 Å². The first-order chi connectivity index (χ1) is 18.4. The number of carbonyl (C=O) groups excluding carboxylic acids is 1. The van der Waals surface area contributed by atoms with Gasteiger partial charge in [0, 0.05) is 23.8 Å². The van der Waals surface area contributed by atoms with Crippen LogP contribution in [-0.2, 0) is 25.5 Å². The number of nitrogens with zero attached hydrogens (tertiary/aromatic N) is 1. The predicted molar refractivity (Wildman–Crippen MR) is 147 cm³/mol. The molecule has 218 valence electrons. The number of hydrogen-bond acceptors (Lipinski definition) is 8. The van der Waals surface area contributed by atoms with E-state index in [1.165, 1.54) is 17.0 Å². The summed E-state index contributed by atoms with van der Waals surface area (Å²) >= 11 is 2.23. The van der Waals surface area contributed by atoms with Crippen LogP contribution in [0.3, 0.4) is 0 Å². The van der Waals surface area contributed by atoms with Gasteiger partial charge in [0.05, 0.1) is 39.2 Å². The highest BCUT2D eigenvalue weighted by molar-refractivity contribution is 14.1. The fourth-order valence-electron chi connectivity index (χ4n) is 3.64. The number of carbonyl (C=O) groups is 1. The predicted octanol–water partition coefficient (Wildman–Crippen LogP) is 3.38. The Morgan fingerprint density at radius 1 is 1.08 bits per heavy atom. The molecule has 9 nitrogen and oxygen atoms in total. The molecule has 2 atom stereocenters. The second-order valence-electron chi connectivity index (χ2n) is 8.69. The first kappa shape index (κ1) is 33.2. The zero-order chi connectivity index (χ0) is 29.0. The summed E-state index contributed by atoms with van der Waals surface area (Å²) in [6, 6.07) is 9.03. The Kier molecular flexibility index (Phi) is 13.9. The van der Waals surface area contributed by atoms with Gasteiger partial charge < -0.3 is 34.7 Å². The molecular formula is C26H35F3IN3O6. The molecule has 4 N–H and O–H groups in total. The third-order valence-corrected chi connectivity index (χ3v) is 7.22. The number of amides is 1. The summed E-state index contributed by atoms with van der Waals surface area (Å²) in [6.45, 7) is 5.38. The summed E-state index contributed by atoms with van der Waals surface area (Å²) in [6.07, 6.45) is -7.37. The molecule has 0 aliphatic rings. The fraction of sp³-hybridized carbons (Fsp3) is 0.500. The lowest BCUT2D eigenvalue weighted by Crippen LogP contribution is -2.49. The van der Waals surface area contributed by atoms with Gasteiger partial charge in [-0.1, -0.05) is 24.3 Å². The molecule has 2 aromatic rings. The van der Waals surface area contributed by atoms with Crippen molar-refractivity contribution < 1.29 is 42.0 Å². The summed E-state index contributed by atoms with van der Waals surface area (Å²) in [4.78, 5) is 14.5. The number of benzene rings is 2. The average molecular weight is 669 g/mol. The quantitative estimate of drug-likeness (QED) is 0.142. The molecule has 0 heterocycles. The van der Waals surface area contributed by atoms with E-state index >= 15 is 0 Å². The summed E-state index contributed by atoms with van der Waals surface area (Å²) < 4.78 is 58.8. The highest BCUT2D eigenvalue weighted by atomic mass is 127. The van der Waals surface area contributed by atoms with Crippen LogP contribution >= 0.6 is 22.6 Å². The third kappa shape index (κ3) is 11.9. The molecule has 2 rings (SSSR count). The van der Waals surface area contributed by atoms with Gasteiger partial charge in [-0.15, -0.1) is 13.2 Å². The van der Waals surface area contributed by atoms with Crippen molar-refractivity contribution in [2.75, 3.05) is 46.7 Å². The lowest BCUT2D eigenvalue weighted by atomic mass is 10.1. The van der Waals surface area contributed by atoms with Crippen molar-refractivity contribution in [3.8, 4) is 5.75 Å². The van der Waals surface area contributed by atoms with Gasteiger partial charge in [-0.2, -0.15) is 0 Å². The normalized spacial score (nSPS) is 13.3. The number of hydrogen-bond donors (Lipinski definition) is 3. The van der Waals surface area contributed by atoms with Crippen LogP contribution in [-0.4, -0.2) is 75.2 Å². The van der Waals surface area contributed by atoms with Crippen molar-refractivity contribution in [1.82, 2.24) is 10.2 Å². The maximum atomic E-state index is 13.2. The van der Waals surface area contributed by atoms with Crippen LogP contribution in [0.15, 0.2) is 36.4 Å². The molecule has 1 amide bonds. The average Bonchev–Trinajstić information content (AvgIpc) is 2.86. The highest BCUT2D eigenvalue weighted by Crippen LogP contribution is 2.24. The molecule has 0 saturated heterocycles. The fourth-order valence-corrected chi connectivity index (χ4v) is 3.95. The van der Waals surface area contributed by atoms with Crippen LogP contribution in [0.1, 0.15) is 28.4 Å². The van der Waals surface area contributed by atoms with Gasteiger partial charge in [0.15, 0.2) is 6.23 Å². The minimum atomic E-state index is -4.85. The summed E-state index contributed by atoms with van der Waals surface area (Å²) in [5.74, 6) is -1.13. The number of methoxy groups -OCH3 is 1. The minimum Gasteiger partial charge on any atom is -0.406 e. The molecule has 0 aromatic heterocycles. The second kappa shape index (κ2) is 16.3. The Balaban J connectivity index is 2.08. The van der Waals surface area contributed by atoms with Gasteiger partial charge in [-0.3, -0.25) is 10.1 Å². The first-order valence-corrected chi connectivity index (χ1v) is 13.2. The maximum Gasteiger partial charge on any atom is 0.573 e. The Hall–Kier alpha value is -2.01. The van der Waals surface area contributed by atoms with Crippen LogP contribution < -0.4 is 15.8 Å². The Bertz CT molecular complexity index is 1040. The smallest absolute Gasteiger partial charge is 0.406 e. The van der Waals surface area contributed by atoms with E-state index in [2.05, 4.69) is 32.6 Å². The van der Waals surface area contributed by atoms with E-state index < -0.39 is 30.4 Å². The van der Waals surface area contributed by atoms with E-state index in [-0.39, 0.29) is 26.3 Å². The Morgan fingerprint density at radius 2 is 1.69 bits per heavy atom. The van der Waals surface area contributed by atoms with Crippen LogP contribution in [0.2, 0.25) is 0 Å². The zero-order valence-corrected chi connectivity index (χ0v) is 24.3. The summed E-state index contributed by atoms with van der Waals surface area (Å²) in [7, 11) is 1.56. The number of alkyl halides is 3. The van der Waals surface area contributed by atoms with E-state index in [0.717, 1.165) is 20.8 Å². The van der Waals surface area contributed by atoms with Crippen LogP contribution in [0.5, 0.6) is 5.75 Å². The number of aryl methyl sites for hydroxylation is 2. The van der Waals surface area contributed by atoms with Gasteiger partial charge in [0.1, 0.15) is 5.75 Å². The molecule has 0 saturated carbocycles. The molecule has 0 bridgehead atoms. The van der Waals surface area contributed by atoms with Crippen molar-refractivity contribution in [3.05, 3.63) is 62.2 Å². The summed E-state index contributed by atoms with van der Waals surface area (Å²) in [5.41, 5.74) is 9.31. The van der Waals surface area contributed by atoms with Gasteiger partial charge in [-0.25, -0.2) is 0 Å². The largest absolute Gasteiger partial charge is 0.573 e. The van der Waals surface area contributed by atoms with E-state index in [1.807, 2.05) is 26.0 Å². The van der Waals surface area contributed by atoms with Crippen LogP contribution in [0, 0.1) is 17.4 Å². The third-order valence-electron chi connectivity index (χ3n) is 5.52. The van der Waals surface area contributed by atoms with Crippen molar-refractivity contribution >= 4 is 28.5 Å². The summed E-state index contributed by atoms with van der Waals surface area (Å²) in [5, 5.41) is 13.4. The van der Waals surface area contributed by atoms with Crippen LogP contribution in [0.4, 0.5) is 13.2 Å². The number of rotatable bonds is 16. The molecule has 13 heteroatoms. The van der Waals surface area contributed by atoms with Gasteiger partial charge >= 0.3 is 6.36 Å². The van der Waals surface area contributed by atoms with Crippen LogP contribution in [0.25, 0.3) is 0 Å². The number of ether oxygens (including phenoxy) is 4. The Morgan fingerprint density at radius 3 is 2.31 bits per heavy atom. The zero-order valence-electron chi connectivity index (χ0n) is 22.1. The first-order valence-electron chi connectivity index (χ1n) is 12.2. The molecule has 0 aliphatic carbocycles. The molecule has 0 fully saturated rings. The molecule has 0 spiro atoms. The molecule has 39 heavy (non-hydrogen) atoms. The van der Waals surface area contributed by atoms with Crippen molar-refractivity contribution in [3.63, 3.8) is 0 Å².